The normalized spacial score (nSPS) is 15.0. The highest BCUT2D eigenvalue weighted by molar-refractivity contribution is 5.87. The summed E-state index contributed by atoms with van der Waals surface area (Å²) in [6, 6.07) is 0.641. The molecular formula is C12H18N6. The van der Waals surface area contributed by atoms with E-state index in [1.165, 1.54) is 12.8 Å². The van der Waals surface area contributed by atoms with Gasteiger partial charge in [0.25, 0.3) is 0 Å². The van der Waals surface area contributed by atoms with Crippen LogP contribution in [0.1, 0.15) is 26.2 Å². The molecule has 0 bridgehead atoms. The summed E-state index contributed by atoms with van der Waals surface area (Å²) in [5.74, 6) is 1.64. The third-order valence-electron chi connectivity index (χ3n) is 3.24. The molecule has 1 fully saturated rings. The predicted molar refractivity (Wildman–Crippen MR) is 71.9 cm³/mol. The van der Waals surface area contributed by atoms with Crippen LogP contribution in [0.25, 0.3) is 11.0 Å². The molecule has 2 aromatic heterocycles. The maximum atomic E-state index is 4.62. The molecule has 0 aliphatic heterocycles. The predicted octanol–water partition coefficient (Wildman–Crippen LogP) is 1.77. The van der Waals surface area contributed by atoms with E-state index >= 15 is 0 Å². The summed E-state index contributed by atoms with van der Waals surface area (Å²) in [5, 5.41) is 11.0. The second-order valence-electron chi connectivity index (χ2n) is 4.68. The molecule has 6 nitrogen and oxygen atoms in total. The molecule has 6 heteroatoms. The van der Waals surface area contributed by atoms with Crippen molar-refractivity contribution in [3.8, 4) is 0 Å². The Morgan fingerprint density at radius 3 is 2.94 bits per heavy atom. The largest absolute Gasteiger partial charge is 0.357 e. The molecule has 1 aliphatic rings. The fraction of sp³-hybridized carbons (Fsp3) is 0.583. The van der Waals surface area contributed by atoms with Gasteiger partial charge in [-0.2, -0.15) is 15.1 Å². The molecule has 0 spiro atoms. The molecule has 0 saturated heterocycles. The maximum Gasteiger partial charge on any atom is 0.226 e. The van der Waals surface area contributed by atoms with Crippen molar-refractivity contribution in [2.75, 3.05) is 23.8 Å². The molecule has 0 atom stereocenters. The lowest BCUT2D eigenvalue weighted by atomic mass is 10.3. The van der Waals surface area contributed by atoms with E-state index in [2.05, 4.69) is 37.3 Å². The quantitative estimate of drug-likeness (QED) is 0.841. The van der Waals surface area contributed by atoms with Crippen LogP contribution in [0, 0.1) is 0 Å². The van der Waals surface area contributed by atoms with E-state index in [9.17, 15) is 0 Å². The SMILES string of the molecule is CCCN(c1nc(NC)nc2[nH]ncc12)C1CC1. The topological polar surface area (TPSA) is 69.7 Å². The molecule has 2 N–H and O–H groups in total. The van der Waals surface area contributed by atoms with E-state index in [0.717, 1.165) is 29.8 Å². The standard InChI is InChI=1S/C12H18N6/c1-3-6-18(8-4-5-8)11-9-7-14-17-10(9)15-12(13-2)16-11/h7-8H,3-6H2,1-2H3,(H2,13,14,15,16,17). The second kappa shape index (κ2) is 4.44. The smallest absolute Gasteiger partial charge is 0.226 e. The number of hydrogen-bond donors (Lipinski definition) is 2. The molecule has 1 aliphatic carbocycles. The van der Waals surface area contributed by atoms with Crippen molar-refractivity contribution in [3.05, 3.63) is 6.20 Å². The summed E-state index contributed by atoms with van der Waals surface area (Å²) in [7, 11) is 1.84. The third kappa shape index (κ3) is 1.87. The summed E-state index contributed by atoms with van der Waals surface area (Å²) >= 11 is 0. The van der Waals surface area contributed by atoms with E-state index in [-0.39, 0.29) is 0 Å². The molecule has 2 aromatic rings. The van der Waals surface area contributed by atoms with E-state index in [4.69, 9.17) is 0 Å². The van der Waals surface area contributed by atoms with Gasteiger partial charge in [0.1, 0.15) is 5.82 Å². The summed E-state index contributed by atoms with van der Waals surface area (Å²) in [6.07, 6.45) is 5.46. The molecule has 1 saturated carbocycles. The Labute approximate surface area is 106 Å². The van der Waals surface area contributed by atoms with E-state index in [1.54, 1.807) is 0 Å². The van der Waals surface area contributed by atoms with Gasteiger partial charge in [-0.25, -0.2) is 0 Å². The Balaban J connectivity index is 2.09. The van der Waals surface area contributed by atoms with Gasteiger partial charge >= 0.3 is 0 Å². The van der Waals surface area contributed by atoms with E-state index < -0.39 is 0 Å². The number of fused-ring (bicyclic) bond motifs is 1. The Morgan fingerprint density at radius 2 is 2.28 bits per heavy atom. The molecule has 0 unspecified atom stereocenters. The lowest BCUT2D eigenvalue weighted by molar-refractivity contribution is 0.753. The van der Waals surface area contributed by atoms with E-state index in [0.29, 0.717) is 12.0 Å². The summed E-state index contributed by atoms with van der Waals surface area (Å²) in [4.78, 5) is 11.4. The highest BCUT2D eigenvalue weighted by Gasteiger charge is 2.31. The zero-order valence-corrected chi connectivity index (χ0v) is 10.8. The number of hydrogen-bond acceptors (Lipinski definition) is 5. The number of aromatic amines is 1. The van der Waals surface area contributed by atoms with Crippen LogP contribution in [0.15, 0.2) is 6.20 Å². The second-order valence-corrected chi connectivity index (χ2v) is 4.68. The van der Waals surface area contributed by atoms with Crippen LogP contribution in [-0.4, -0.2) is 39.8 Å². The highest BCUT2D eigenvalue weighted by Crippen LogP contribution is 2.34. The lowest BCUT2D eigenvalue weighted by Gasteiger charge is -2.23. The number of rotatable bonds is 5. The van der Waals surface area contributed by atoms with Gasteiger partial charge in [-0.05, 0) is 19.3 Å². The first-order valence-corrected chi connectivity index (χ1v) is 6.49. The van der Waals surface area contributed by atoms with Gasteiger partial charge in [-0.15, -0.1) is 0 Å². The van der Waals surface area contributed by atoms with Gasteiger partial charge in [-0.3, -0.25) is 5.10 Å². The molecule has 96 valence electrons. The van der Waals surface area contributed by atoms with Crippen LogP contribution < -0.4 is 10.2 Å². The monoisotopic (exact) mass is 246 g/mol. The number of aromatic nitrogens is 4. The van der Waals surface area contributed by atoms with Crippen LogP contribution in [0.4, 0.5) is 11.8 Å². The Kier molecular flexibility index (Phi) is 2.77. The average molecular weight is 246 g/mol. The fourth-order valence-electron chi connectivity index (χ4n) is 2.24. The van der Waals surface area contributed by atoms with Crippen molar-refractivity contribution in [3.63, 3.8) is 0 Å². The first-order chi connectivity index (χ1) is 8.83. The molecule has 18 heavy (non-hydrogen) atoms. The molecule has 0 radical (unpaired) electrons. The summed E-state index contributed by atoms with van der Waals surface area (Å²) < 4.78 is 0. The number of H-pyrrole nitrogens is 1. The third-order valence-corrected chi connectivity index (χ3v) is 3.24. The van der Waals surface area contributed by atoms with Crippen molar-refractivity contribution in [1.82, 2.24) is 20.2 Å². The molecule has 0 aromatic carbocycles. The molecule has 0 amide bonds. The Bertz CT molecular complexity index is 544. The fourth-order valence-corrected chi connectivity index (χ4v) is 2.24. The van der Waals surface area contributed by atoms with Gasteiger partial charge < -0.3 is 10.2 Å². The van der Waals surface area contributed by atoms with Crippen LogP contribution in [0.5, 0.6) is 0 Å². The van der Waals surface area contributed by atoms with Crippen molar-refractivity contribution in [2.45, 2.75) is 32.2 Å². The van der Waals surface area contributed by atoms with Crippen molar-refractivity contribution < 1.29 is 0 Å². The van der Waals surface area contributed by atoms with Crippen molar-refractivity contribution in [1.29, 1.82) is 0 Å². The van der Waals surface area contributed by atoms with Gasteiger partial charge in [0.2, 0.25) is 5.95 Å². The average Bonchev–Trinajstić information content (AvgIpc) is 3.12. The zero-order valence-electron chi connectivity index (χ0n) is 10.8. The minimum Gasteiger partial charge on any atom is -0.357 e. The summed E-state index contributed by atoms with van der Waals surface area (Å²) in [5.41, 5.74) is 0.797. The minimum absolute atomic E-state index is 0.641. The van der Waals surface area contributed by atoms with Gasteiger partial charge in [0.15, 0.2) is 5.65 Å². The number of anilines is 2. The zero-order chi connectivity index (χ0) is 12.5. The number of nitrogens with one attached hydrogen (secondary N) is 2. The van der Waals surface area contributed by atoms with Crippen LogP contribution in [-0.2, 0) is 0 Å². The molecule has 2 heterocycles. The van der Waals surface area contributed by atoms with E-state index in [1.807, 2.05) is 13.2 Å². The van der Waals surface area contributed by atoms with Crippen LogP contribution >= 0.6 is 0 Å². The van der Waals surface area contributed by atoms with Crippen LogP contribution in [0.3, 0.4) is 0 Å². The van der Waals surface area contributed by atoms with Crippen molar-refractivity contribution >= 4 is 22.8 Å². The number of nitrogens with zero attached hydrogens (tertiary/aromatic N) is 4. The lowest BCUT2D eigenvalue weighted by Crippen LogP contribution is -2.27. The Morgan fingerprint density at radius 1 is 1.44 bits per heavy atom. The first kappa shape index (κ1) is 11.3. The Hall–Kier alpha value is -1.85. The van der Waals surface area contributed by atoms with Gasteiger partial charge in [0, 0.05) is 19.6 Å². The van der Waals surface area contributed by atoms with Crippen molar-refractivity contribution in [2.24, 2.45) is 0 Å². The molecular weight excluding hydrogens is 228 g/mol. The van der Waals surface area contributed by atoms with Gasteiger partial charge in [0.05, 0.1) is 11.6 Å². The molecule has 3 rings (SSSR count). The summed E-state index contributed by atoms with van der Waals surface area (Å²) in [6.45, 7) is 3.23. The van der Waals surface area contributed by atoms with Crippen LogP contribution in [0.2, 0.25) is 0 Å². The highest BCUT2D eigenvalue weighted by atomic mass is 15.3. The maximum absolute atomic E-state index is 4.62. The van der Waals surface area contributed by atoms with Gasteiger partial charge in [-0.1, -0.05) is 6.92 Å². The first-order valence-electron chi connectivity index (χ1n) is 6.49. The minimum atomic E-state index is 0.641.